The zero-order chi connectivity index (χ0) is 15.5. The van der Waals surface area contributed by atoms with Crippen LogP contribution in [0.3, 0.4) is 0 Å². The van der Waals surface area contributed by atoms with Gasteiger partial charge in [-0.25, -0.2) is 0 Å². The van der Waals surface area contributed by atoms with Crippen molar-refractivity contribution in [1.82, 2.24) is 15.5 Å². The van der Waals surface area contributed by atoms with Crippen molar-refractivity contribution in [1.29, 1.82) is 0 Å². The molecule has 0 saturated heterocycles. The molecule has 1 saturated carbocycles. The molecule has 1 fully saturated rings. The summed E-state index contributed by atoms with van der Waals surface area (Å²) in [5.41, 5.74) is 0. The van der Waals surface area contributed by atoms with E-state index in [0.717, 1.165) is 19.4 Å². The molecule has 7 heteroatoms. The molecule has 1 aromatic rings. The Morgan fingerprint density at radius 3 is 2.57 bits per heavy atom. The summed E-state index contributed by atoms with van der Waals surface area (Å²) >= 11 is 0. The van der Waals surface area contributed by atoms with Gasteiger partial charge in [0.15, 0.2) is 0 Å². The minimum absolute atomic E-state index is 0.0934. The van der Waals surface area contributed by atoms with Crippen LogP contribution in [0.2, 0.25) is 0 Å². The monoisotopic (exact) mass is 305 g/mol. The maximum atomic E-state index is 13.1. The number of aromatic nitrogens is 2. The molecule has 0 aliphatic heterocycles. The number of nitrogens with zero attached hydrogens (tertiary/aromatic N) is 2. The van der Waals surface area contributed by atoms with Gasteiger partial charge in [-0.15, -0.1) is 10.2 Å². The smallest absolute Gasteiger partial charge is 0.392 e. The molecule has 120 valence electrons. The Morgan fingerprint density at radius 2 is 1.95 bits per heavy atom. The van der Waals surface area contributed by atoms with Crippen molar-refractivity contribution in [2.24, 2.45) is 5.92 Å². The Balaban J connectivity index is 2.18. The molecule has 3 unspecified atom stereocenters. The number of hydrogen-bond donors (Lipinski definition) is 1. The molecule has 0 radical (unpaired) electrons. The van der Waals surface area contributed by atoms with Gasteiger partial charge in [-0.1, -0.05) is 26.7 Å². The lowest BCUT2D eigenvalue weighted by Gasteiger charge is -2.30. The average molecular weight is 305 g/mol. The molecule has 0 aromatic carbocycles. The second-order valence-corrected chi connectivity index (χ2v) is 5.54. The second-order valence-electron chi connectivity index (χ2n) is 5.54. The summed E-state index contributed by atoms with van der Waals surface area (Å²) in [4.78, 5) is 0. The van der Waals surface area contributed by atoms with Crippen molar-refractivity contribution >= 4 is 0 Å². The van der Waals surface area contributed by atoms with E-state index < -0.39 is 18.0 Å². The van der Waals surface area contributed by atoms with E-state index >= 15 is 0 Å². The summed E-state index contributed by atoms with van der Waals surface area (Å²) in [5.74, 6) is -1.53. The molecule has 2 rings (SSSR count). The third-order valence-electron chi connectivity index (χ3n) is 4.12. The van der Waals surface area contributed by atoms with E-state index in [9.17, 15) is 13.2 Å². The summed E-state index contributed by atoms with van der Waals surface area (Å²) < 4.78 is 45.0. The van der Waals surface area contributed by atoms with E-state index in [1.54, 1.807) is 0 Å². The van der Waals surface area contributed by atoms with Crippen molar-refractivity contribution in [2.75, 3.05) is 6.54 Å². The van der Waals surface area contributed by atoms with Crippen molar-refractivity contribution in [3.05, 3.63) is 11.8 Å². The molecule has 3 atom stereocenters. The van der Waals surface area contributed by atoms with Gasteiger partial charge in [0, 0.05) is 5.92 Å². The molecule has 0 amide bonds. The molecule has 1 N–H and O–H groups in total. The van der Waals surface area contributed by atoms with E-state index in [1.807, 2.05) is 13.8 Å². The van der Waals surface area contributed by atoms with Crippen molar-refractivity contribution in [3.63, 3.8) is 0 Å². The van der Waals surface area contributed by atoms with Gasteiger partial charge in [0.05, 0.1) is 12.0 Å². The molecular formula is C14H22F3N3O. The lowest BCUT2D eigenvalue weighted by molar-refractivity contribution is -0.188. The number of rotatable bonds is 5. The summed E-state index contributed by atoms with van der Waals surface area (Å²) in [6, 6.07) is -0.0934. The van der Waals surface area contributed by atoms with E-state index in [1.165, 1.54) is 0 Å². The zero-order valence-electron chi connectivity index (χ0n) is 12.4. The van der Waals surface area contributed by atoms with Crippen molar-refractivity contribution in [2.45, 2.75) is 64.1 Å². The van der Waals surface area contributed by atoms with Gasteiger partial charge in [0.1, 0.15) is 0 Å². The minimum Gasteiger partial charge on any atom is -0.423 e. The fourth-order valence-electron chi connectivity index (χ4n) is 3.01. The first-order chi connectivity index (χ1) is 9.97. The maximum Gasteiger partial charge on any atom is 0.392 e. The van der Waals surface area contributed by atoms with Crippen LogP contribution in [-0.4, -0.2) is 22.9 Å². The van der Waals surface area contributed by atoms with Crippen molar-refractivity contribution < 1.29 is 17.6 Å². The first-order valence-electron chi connectivity index (χ1n) is 7.60. The predicted octanol–water partition coefficient (Wildman–Crippen LogP) is 3.97. The Morgan fingerprint density at radius 1 is 1.24 bits per heavy atom. The Labute approximate surface area is 122 Å². The topological polar surface area (TPSA) is 51.0 Å². The van der Waals surface area contributed by atoms with E-state index in [-0.39, 0.29) is 18.4 Å². The fourth-order valence-corrected chi connectivity index (χ4v) is 3.01. The SMILES string of the molecule is CCNC(CC)c1nnc(C2CCCCC2C(F)(F)F)o1. The number of alkyl halides is 3. The lowest BCUT2D eigenvalue weighted by atomic mass is 9.79. The third kappa shape index (κ3) is 3.75. The van der Waals surface area contributed by atoms with Crippen LogP contribution in [0.1, 0.15) is 69.7 Å². The molecule has 1 heterocycles. The first-order valence-corrected chi connectivity index (χ1v) is 7.60. The largest absolute Gasteiger partial charge is 0.423 e. The van der Waals surface area contributed by atoms with Crippen LogP contribution in [0.4, 0.5) is 13.2 Å². The standard InChI is InChI=1S/C14H22F3N3O/c1-3-11(18-4-2)13-20-19-12(21-13)9-7-5-6-8-10(9)14(15,16)17/h9-11,18H,3-8H2,1-2H3. The van der Waals surface area contributed by atoms with Gasteiger partial charge in [-0.3, -0.25) is 0 Å². The minimum atomic E-state index is -4.20. The van der Waals surface area contributed by atoms with E-state index in [0.29, 0.717) is 18.7 Å². The molecular weight excluding hydrogens is 283 g/mol. The van der Waals surface area contributed by atoms with Crippen molar-refractivity contribution in [3.8, 4) is 0 Å². The number of halogens is 3. The van der Waals surface area contributed by atoms with Gasteiger partial charge >= 0.3 is 6.18 Å². The molecule has 1 aromatic heterocycles. The zero-order valence-corrected chi connectivity index (χ0v) is 12.4. The number of nitrogens with one attached hydrogen (secondary N) is 1. The molecule has 4 nitrogen and oxygen atoms in total. The van der Waals surface area contributed by atoms with Gasteiger partial charge in [-0.05, 0) is 25.8 Å². The molecule has 0 spiro atoms. The Hall–Kier alpha value is -1.11. The quantitative estimate of drug-likeness (QED) is 0.894. The van der Waals surface area contributed by atoms with Crippen LogP contribution < -0.4 is 5.32 Å². The van der Waals surface area contributed by atoms with Crippen LogP contribution in [-0.2, 0) is 0 Å². The second kappa shape index (κ2) is 6.77. The average Bonchev–Trinajstić information content (AvgIpc) is 2.93. The highest BCUT2D eigenvalue weighted by Crippen LogP contribution is 2.46. The summed E-state index contributed by atoms with van der Waals surface area (Å²) in [6.07, 6.45) is -1.45. The van der Waals surface area contributed by atoms with Crippen LogP contribution in [0.15, 0.2) is 4.42 Å². The normalized spacial score (nSPS) is 25.0. The molecule has 0 bridgehead atoms. The highest BCUT2D eigenvalue weighted by atomic mass is 19.4. The highest BCUT2D eigenvalue weighted by Gasteiger charge is 2.47. The van der Waals surface area contributed by atoms with Crippen LogP contribution >= 0.6 is 0 Å². The fraction of sp³-hybridized carbons (Fsp3) is 0.857. The molecule has 1 aliphatic rings. The predicted molar refractivity (Wildman–Crippen MR) is 71.8 cm³/mol. The van der Waals surface area contributed by atoms with Crippen LogP contribution in [0.25, 0.3) is 0 Å². The third-order valence-corrected chi connectivity index (χ3v) is 4.12. The highest BCUT2D eigenvalue weighted by molar-refractivity contribution is 5.00. The summed E-state index contributed by atoms with van der Waals surface area (Å²) in [5, 5.41) is 11.0. The first kappa shape index (κ1) is 16.3. The lowest BCUT2D eigenvalue weighted by Crippen LogP contribution is -2.31. The van der Waals surface area contributed by atoms with Gasteiger partial charge in [-0.2, -0.15) is 13.2 Å². The van der Waals surface area contributed by atoms with E-state index in [4.69, 9.17) is 4.42 Å². The number of hydrogen-bond acceptors (Lipinski definition) is 4. The summed E-state index contributed by atoms with van der Waals surface area (Å²) in [6.45, 7) is 4.67. The Bertz CT molecular complexity index is 447. The van der Waals surface area contributed by atoms with Gasteiger partial charge in [0.2, 0.25) is 11.8 Å². The molecule has 21 heavy (non-hydrogen) atoms. The maximum absolute atomic E-state index is 13.1. The molecule has 1 aliphatic carbocycles. The van der Waals surface area contributed by atoms with Gasteiger partial charge in [0.25, 0.3) is 0 Å². The van der Waals surface area contributed by atoms with Gasteiger partial charge < -0.3 is 9.73 Å². The Kier molecular flexibility index (Phi) is 5.24. The van der Waals surface area contributed by atoms with Crippen LogP contribution in [0, 0.1) is 5.92 Å². The van der Waals surface area contributed by atoms with E-state index in [2.05, 4.69) is 15.5 Å². The van der Waals surface area contributed by atoms with Crippen LogP contribution in [0.5, 0.6) is 0 Å². The summed E-state index contributed by atoms with van der Waals surface area (Å²) in [7, 11) is 0.